The molecule has 1 nitrogen and oxygen atoms in total. The number of benzene rings is 4. The van der Waals surface area contributed by atoms with E-state index in [1.807, 2.05) is 0 Å². The monoisotopic (exact) mass is 324 g/mol. The van der Waals surface area contributed by atoms with E-state index >= 15 is 0 Å². The molecular weight excluding hydrogens is 312 g/mol. The highest BCUT2D eigenvalue weighted by atomic mass is 79.9. The largest absolute Gasteiger partial charge is 0.493 e. The highest BCUT2D eigenvalue weighted by Crippen LogP contribution is 2.36. The first kappa shape index (κ1) is 12.0. The van der Waals surface area contributed by atoms with Crippen LogP contribution in [0.2, 0.25) is 0 Å². The SMILES string of the molecule is BrCCOc1cc2ccc3cccc4ccc(c1)c2c34. The van der Waals surface area contributed by atoms with E-state index in [0.29, 0.717) is 6.61 Å². The first-order valence-electron chi connectivity index (χ1n) is 6.73. The molecule has 98 valence electrons. The van der Waals surface area contributed by atoms with Crippen molar-refractivity contribution in [3.63, 3.8) is 0 Å². The van der Waals surface area contributed by atoms with Crippen LogP contribution in [0.15, 0.2) is 54.6 Å². The van der Waals surface area contributed by atoms with Gasteiger partial charge in [-0.3, -0.25) is 0 Å². The van der Waals surface area contributed by atoms with Crippen LogP contribution >= 0.6 is 15.9 Å². The summed E-state index contributed by atoms with van der Waals surface area (Å²) < 4.78 is 5.76. The Labute approximate surface area is 125 Å². The van der Waals surface area contributed by atoms with Gasteiger partial charge in [0.05, 0.1) is 6.61 Å². The third-order valence-electron chi connectivity index (χ3n) is 3.78. The fourth-order valence-electron chi connectivity index (χ4n) is 2.96. The molecule has 0 saturated heterocycles. The van der Waals surface area contributed by atoms with Crippen LogP contribution in [0.25, 0.3) is 32.3 Å². The van der Waals surface area contributed by atoms with Gasteiger partial charge in [0.15, 0.2) is 0 Å². The van der Waals surface area contributed by atoms with E-state index in [-0.39, 0.29) is 0 Å². The highest BCUT2D eigenvalue weighted by Gasteiger charge is 2.09. The van der Waals surface area contributed by atoms with Crippen molar-refractivity contribution in [2.24, 2.45) is 0 Å². The molecule has 0 bridgehead atoms. The van der Waals surface area contributed by atoms with Gasteiger partial charge in [-0.05, 0) is 44.5 Å². The number of alkyl halides is 1. The molecule has 0 atom stereocenters. The summed E-state index contributed by atoms with van der Waals surface area (Å²) in [5, 5.41) is 8.64. The van der Waals surface area contributed by atoms with Crippen molar-refractivity contribution in [2.45, 2.75) is 0 Å². The van der Waals surface area contributed by atoms with Crippen LogP contribution in [0.5, 0.6) is 5.75 Å². The molecule has 0 heterocycles. The first-order valence-corrected chi connectivity index (χ1v) is 7.85. The van der Waals surface area contributed by atoms with Gasteiger partial charge in [-0.2, -0.15) is 0 Å². The molecule has 0 radical (unpaired) electrons. The summed E-state index contributed by atoms with van der Waals surface area (Å²) in [5.41, 5.74) is 0. The van der Waals surface area contributed by atoms with Crippen molar-refractivity contribution >= 4 is 48.2 Å². The van der Waals surface area contributed by atoms with Gasteiger partial charge in [0.25, 0.3) is 0 Å². The molecule has 0 spiro atoms. The second-order valence-corrected chi connectivity index (χ2v) is 5.79. The van der Waals surface area contributed by atoms with Crippen molar-refractivity contribution in [1.82, 2.24) is 0 Å². The van der Waals surface area contributed by atoms with Crippen molar-refractivity contribution in [3.05, 3.63) is 54.6 Å². The molecule has 0 N–H and O–H groups in total. The Morgan fingerprint density at radius 3 is 1.90 bits per heavy atom. The molecule has 4 aromatic rings. The van der Waals surface area contributed by atoms with Gasteiger partial charge in [-0.15, -0.1) is 0 Å². The molecule has 0 fully saturated rings. The Bertz CT molecular complexity index is 834. The molecule has 0 aliphatic rings. The summed E-state index contributed by atoms with van der Waals surface area (Å²) in [7, 11) is 0. The minimum Gasteiger partial charge on any atom is -0.493 e. The number of halogens is 1. The molecule has 2 heteroatoms. The standard InChI is InChI=1S/C18H13BrO/c19-8-9-20-16-10-14-6-4-12-2-1-3-13-5-7-15(11-16)18(14)17(12)13/h1-7,10-11H,8-9H2. The highest BCUT2D eigenvalue weighted by molar-refractivity contribution is 9.09. The maximum Gasteiger partial charge on any atom is 0.120 e. The smallest absolute Gasteiger partial charge is 0.120 e. The minimum atomic E-state index is 0.688. The fraction of sp³-hybridized carbons (Fsp3) is 0.111. The van der Waals surface area contributed by atoms with E-state index in [9.17, 15) is 0 Å². The van der Waals surface area contributed by atoms with Crippen molar-refractivity contribution in [3.8, 4) is 5.75 Å². The van der Waals surface area contributed by atoms with E-state index in [4.69, 9.17) is 4.74 Å². The van der Waals surface area contributed by atoms with Crippen molar-refractivity contribution < 1.29 is 4.74 Å². The molecule has 0 amide bonds. The molecule has 0 unspecified atom stereocenters. The van der Waals surface area contributed by atoms with E-state index in [1.165, 1.54) is 32.3 Å². The zero-order valence-corrected chi connectivity index (χ0v) is 12.5. The van der Waals surface area contributed by atoms with Crippen molar-refractivity contribution in [2.75, 3.05) is 11.9 Å². The average Bonchev–Trinajstić information content (AvgIpc) is 2.50. The number of ether oxygens (including phenoxy) is 1. The van der Waals surface area contributed by atoms with E-state index in [0.717, 1.165) is 11.1 Å². The van der Waals surface area contributed by atoms with Gasteiger partial charge in [-0.25, -0.2) is 0 Å². The van der Waals surface area contributed by atoms with Gasteiger partial charge in [0.1, 0.15) is 5.75 Å². The molecular formula is C18H13BrO. The molecule has 4 aromatic carbocycles. The van der Waals surface area contributed by atoms with Crippen LogP contribution in [0, 0.1) is 0 Å². The van der Waals surface area contributed by atoms with Crippen molar-refractivity contribution in [1.29, 1.82) is 0 Å². The predicted octanol–water partition coefficient (Wildman–Crippen LogP) is 5.36. The van der Waals surface area contributed by atoms with Crippen LogP contribution in [0.1, 0.15) is 0 Å². The summed E-state index contributed by atoms with van der Waals surface area (Å²) in [6.07, 6.45) is 0. The molecule has 0 saturated carbocycles. The summed E-state index contributed by atoms with van der Waals surface area (Å²) in [6.45, 7) is 0.688. The molecule has 4 rings (SSSR count). The number of hydrogen-bond acceptors (Lipinski definition) is 1. The van der Waals surface area contributed by atoms with E-state index < -0.39 is 0 Å². The summed E-state index contributed by atoms with van der Waals surface area (Å²) in [5.74, 6) is 0.940. The fourth-order valence-corrected chi connectivity index (χ4v) is 3.13. The van der Waals surface area contributed by atoms with E-state index in [2.05, 4.69) is 70.5 Å². The molecule has 0 aromatic heterocycles. The Morgan fingerprint density at radius 2 is 1.30 bits per heavy atom. The summed E-state index contributed by atoms with van der Waals surface area (Å²) >= 11 is 3.40. The Hall–Kier alpha value is -1.80. The average molecular weight is 325 g/mol. The van der Waals surface area contributed by atoms with Crippen LogP contribution in [0.3, 0.4) is 0 Å². The van der Waals surface area contributed by atoms with E-state index in [1.54, 1.807) is 0 Å². The summed E-state index contributed by atoms with van der Waals surface area (Å²) in [4.78, 5) is 0. The second kappa shape index (κ2) is 4.64. The lowest BCUT2D eigenvalue weighted by atomic mass is 9.94. The normalized spacial score (nSPS) is 11.7. The number of hydrogen-bond donors (Lipinski definition) is 0. The quantitative estimate of drug-likeness (QED) is 0.364. The molecule has 20 heavy (non-hydrogen) atoms. The Morgan fingerprint density at radius 1 is 0.750 bits per heavy atom. The predicted molar refractivity (Wildman–Crippen MR) is 89.4 cm³/mol. The van der Waals surface area contributed by atoms with Crippen LogP contribution in [0.4, 0.5) is 0 Å². The zero-order valence-electron chi connectivity index (χ0n) is 10.9. The zero-order chi connectivity index (χ0) is 13.5. The Kier molecular flexibility index (Phi) is 2.78. The van der Waals surface area contributed by atoms with Gasteiger partial charge < -0.3 is 4.74 Å². The lowest BCUT2D eigenvalue weighted by molar-refractivity contribution is 0.346. The maximum absolute atomic E-state index is 5.76. The third-order valence-corrected chi connectivity index (χ3v) is 4.11. The maximum atomic E-state index is 5.76. The number of rotatable bonds is 3. The lowest BCUT2D eigenvalue weighted by Crippen LogP contribution is -1.97. The first-order chi connectivity index (χ1) is 9.86. The van der Waals surface area contributed by atoms with Gasteiger partial charge >= 0.3 is 0 Å². The lowest BCUT2D eigenvalue weighted by Gasteiger charge is -2.12. The minimum absolute atomic E-state index is 0.688. The summed E-state index contributed by atoms with van der Waals surface area (Å²) in [6, 6.07) is 19.5. The second-order valence-electron chi connectivity index (χ2n) is 4.99. The van der Waals surface area contributed by atoms with Crippen LogP contribution in [-0.4, -0.2) is 11.9 Å². The Balaban J connectivity index is 2.08. The van der Waals surface area contributed by atoms with Gasteiger partial charge in [0, 0.05) is 5.33 Å². The molecule has 0 aliphatic heterocycles. The third kappa shape index (κ3) is 1.75. The van der Waals surface area contributed by atoms with Gasteiger partial charge in [0.2, 0.25) is 0 Å². The topological polar surface area (TPSA) is 9.23 Å². The molecule has 0 aliphatic carbocycles. The van der Waals surface area contributed by atoms with Crippen LogP contribution in [-0.2, 0) is 0 Å². The van der Waals surface area contributed by atoms with Crippen LogP contribution < -0.4 is 4.74 Å². The van der Waals surface area contributed by atoms with Gasteiger partial charge in [-0.1, -0.05) is 58.4 Å².